The molecule has 0 unspecified atom stereocenters. The Morgan fingerprint density at radius 1 is 1.47 bits per heavy atom. The Kier molecular flexibility index (Phi) is 1.94. The summed E-state index contributed by atoms with van der Waals surface area (Å²) < 4.78 is 5.17. The topological polar surface area (TPSA) is 80.0 Å². The van der Waals surface area contributed by atoms with E-state index < -0.39 is 0 Å². The summed E-state index contributed by atoms with van der Waals surface area (Å²) in [5, 5.41) is 9.13. The van der Waals surface area contributed by atoms with Gasteiger partial charge in [-0.25, -0.2) is 0 Å². The zero-order valence-corrected chi connectivity index (χ0v) is 8.07. The number of nitrogens with zero attached hydrogens (tertiary/aromatic N) is 1. The molecular weight excluding hydrogens is 192 g/mol. The highest BCUT2D eigenvalue weighted by Crippen LogP contribution is 2.17. The zero-order valence-electron chi connectivity index (χ0n) is 8.07. The first-order valence-electron chi connectivity index (χ1n) is 4.36. The highest BCUT2D eigenvalue weighted by atomic mass is 16.3. The summed E-state index contributed by atoms with van der Waals surface area (Å²) in [5.74, 6) is -0.126. The van der Waals surface area contributed by atoms with E-state index in [0.717, 1.165) is 5.56 Å². The van der Waals surface area contributed by atoms with Crippen LogP contribution in [0.2, 0.25) is 0 Å². The molecule has 0 saturated carbocycles. The molecule has 0 bridgehead atoms. The van der Waals surface area contributed by atoms with Crippen molar-refractivity contribution < 1.29 is 4.42 Å². The highest BCUT2D eigenvalue weighted by molar-refractivity contribution is 5.80. The summed E-state index contributed by atoms with van der Waals surface area (Å²) in [6.45, 7) is 1.86. The van der Waals surface area contributed by atoms with Crippen LogP contribution in [0.25, 0.3) is 11.0 Å². The third kappa shape index (κ3) is 1.34. The molecule has 1 aromatic heterocycles. The van der Waals surface area contributed by atoms with Gasteiger partial charge in [0.1, 0.15) is 11.7 Å². The van der Waals surface area contributed by atoms with Crippen LogP contribution in [-0.4, -0.2) is 0 Å². The first kappa shape index (κ1) is 9.28. The summed E-state index contributed by atoms with van der Waals surface area (Å²) in [6.07, 6.45) is 0. The van der Waals surface area contributed by atoms with E-state index in [4.69, 9.17) is 15.4 Å². The van der Waals surface area contributed by atoms with E-state index in [1.165, 1.54) is 0 Å². The van der Waals surface area contributed by atoms with Gasteiger partial charge in [-0.15, -0.1) is 0 Å². The Labute approximate surface area is 85.5 Å². The lowest BCUT2D eigenvalue weighted by Gasteiger charge is -2.01. The van der Waals surface area contributed by atoms with Crippen molar-refractivity contribution >= 4 is 16.9 Å². The standard InChI is InChI=1S/C11H8N2O2/c1-6-2-3-9-7(4-6)10(14)8(5-12)11(13)15-9/h2-4H,13H2,1H3. The van der Waals surface area contributed by atoms with E-state index >= 15 is 0 Å². The molecule has 2 N–H and O–H groups in total. The van der Waals surface area contributed by atoms with Crippen LogP contribution in [0, 0.1) is 18.3 Å². The van der Waals surface area contributed by atoms with Crippen molar-refractivity contribution in [2.75, 3.05) is 5.73 Å². The van der Waals surface area contributed by atoms with Crippen molar-refractivity contribution in [2.24, 2.45) is 0 Å². The molecule has 4 nitrogen and oxygen atoms in total. The van der Waals surface area contributed by atoms with Gasteiger partial charge in [-0.2, -0.15) is 5.26 Å². The molecule has 1 heterocycles. The Balaban J connectivity index is 3.01. The third-order valence-electron chi connectivity index (χ3n) is 2.18. The van der Waals surface area contributed by atoms with Crippen molar-refractivity contribution in [3.8, 4) is 6.07 Å². The molecule has 1 aromatic carbocycles. The lowest BCUT2D eigenvalue weighted by Crippen LogP contribution is -2.09. The number of benzene rings is 1. The zero-order chi connectivity index (χ0) is 11.0. The third-order valence-corrected chi connectivity index (χ3v) is 2.18. The maximum Gasteiger partial charge on any atom is 0.212 e. The van der Waals surface area contributed by atoms with Crippen LogP contribution in [0.5, 0.6) is 0 Å². The molecular formula is C11H8N2O2. The fourth-order valence-corrected chi connectivity index (χ4v) is 1.43. The molecule has 0 amide bonds. The normalized spacial score (nSPS) is 10.1. The molecule has 0 fully saturated rings. The molecule has 2 aromatic rings. The van der Waals surface area contributed by atoms with Crippen molar-refractivity contribution in [2.45, 2.75) is 6.92 Å². The van der Waals surface area contributed by atoms with Gasteiger partial charge in [0.25, 0.3) is 0 Å². The van der Waals surface area contributed by atoms with Gasteiger partial charge in [0.15, 0.2) is 5.56 Å². The van der Waals surface area contributed by atoms with E-state index in [2.05, 4.69) is 0 Å². The summed E-state index contributed by atoms with van der Waals surface area (Å²) in [4.78, 5) is 11.8. The molecule has 2 rings (SSSR count). The van der Waals surface area contributed by atoms with Crippen LogP contribution >= 0.6 is 0 Å². The smallest absolute Gasteiger partial charge is 0.212 e. The molecule has 0 aliphatic carbocycles. The number of nitriles is 1. The predicted octanol–water partition coefficient (Wildman–Crippen LogP) is 1.56. The van der Waals surface area contributed by atoms with E-state index in [0.29, 0.717) is 11.0 Å². The van der Waals surface area contributed by atoms with Crippen molar-refractivity contribution in [3.05, 3.63) is 39.5 Å². The monoisotopic (exact) mass is 200 g/mol. The Bertz CT molecular complexity index is 635. The minimum atomic E-state index is -0.375. The van der Waals surface area contributed by atoms with Gasteiger partial charge in [-0.1, -0.05) is 11.6 Å². The van der Waals surface area contributed by atoms with Crippen LogP contribution in [-0.2, 0) is 0 Å². The van der Waals surface area contributed by atoms with Gasteiger partial charge in [-0.05, 0) is 19.1 Å². The summed E-state index contributed by atoms with van der Waals surface area (Å²) in [7, 11) is 0. The van der Waals surface area contributed by atoms with Gasteiger partial charge in [0, 0.05) is 0 Å². The van der Waals surface area contributed by atoms with Gasteiger partial charge in [0.2, 0.25) is 11.3 Å². The molecule has 0 saturated heterocycles. The number of anilines is 1. The van der Waals surface area contributed by atoms with Crippen LogP contribution in [0.3, 0.4) is 0 Å². The van der Waals surface area contributed by atoms with Crippen LogP contribution in [0.4, 0.5) is 5.88 Å². The minimum Gasteiger partial charge on any atom is -0.439 e. The van der Waals surface area contributed by atoms with Crippen LogP contribution in [0.15, 0.2) is 27.4 Å². The minimum absolute atomic E-state index is 0.126. The average molecular weight is 200 g/mol. The Morgan fingerprint density at radius 3 is 2.87 bits per heavy atom. The Hall–Kier alpha value is -2.28. The molecule has 74 valence electrons. The first-order valence-corrected chi connectivity index (χ1v) is 4.36. The van der Waals surface area contributed by atoms with Crippen molar-refractivity contribution in [3.63, 3.8) is 0 Å². The lowest BCUT2D eigenvalue weighted by atomic mass is 10.1. The second-order valence-corrected chi connectivity index (χ2v) is 3.28. The predicted molar refractivity (Wildman–Crippen MR) is 56.3 cm³/mol. The fourth-order valence-electron chi connectivity index (χ4n) is 1.43. The molecule has 0 aliphatic rings. The second-order valence-electron chi connectivity index (χ2n) is 3.28. The number of fused-ring (bicyclic) bond motifs is 1. The van der Waals surface area contributed by atoms with E-state index in [1.54, 1.807) is 18.2 Å². The summed E-state index contributed by atoms with van der Waals surface area (Å²) >= 11 is 0. The van der Waals surface area contributed by atoms with Gasteiger partial charge in [-0.3, -0.25) is 4.79 Å². The number of aryl methyl sites for hydroxylation is 1. The molecule has 0 spiro atoms. The van der Waals surface area contributed by atoms with E-state index in [1.807, 2.05) is 13.0 Å². The molecule has 0 aliphatic heterocycles. The molecule has 0 atom stereocenters. The number of nitrogens with two attached hydrogens (primary N) is 1. The highest BCUT2D eigenvalue weighted by Gasteiger charge is 2.11. The SMILES string of the molecule is Cc1ccc2oc(N)c(C#N)c(=O)c2c1. The molecule has 0 radical (unpaired) electrons. The van der Waals surface area contributed by atoms with Gasteiger partial charge >= 0.3 is 0 Å². The van der Waals surface area contributed by atoms with Crippen LogP contribution in [0.1, 0.15) is 11.1 Å². The first-order chi connectivity index (χ1) is 7.13. The number of rotatable bonds is 0. The number of nitrogen functional groups attached to an aromatic ring is 1. The van der Waals surface area contributed by atoms with E-state index in [-0.39, 0.29) is 16.9 Å². The molecule has 4 heteroatoms. The van der Waals surface area contributed by atoms with Gasteiger partial charge in [0.05, 0.1) is 5.39 Å². The summed E-state index contributed by atoms with van der Waals surface area (Å²) in [6, 6.07) is 6.91. The maximum absolute atomic E-state index is 11.8. The van der Waals surface area contributed by atoms with Crippen molar-refractivity contribution in [1.29, 1.82) is 5.26 Å². The largest absolute Gasteiger partial charge is 0.439 e. The maximum atomic E-state index is 11.8. The van der Waals surface area contributed by atoms with E-state index in [9.17, 15) is 4.79 Å². The fraction of sp³-hybridized carbons (Fsp3) is 0.0909. The number of hydrogen-bond donors (Lipinski definition) is 1. The second kappa shape index (κ2) is 3.14. The molecule has 15 heavy (non-hydrogen) atoms. The quantitative estimate of drug-likeness (QED) is 0.699. The summed E-state index contributed by atoms with van der Waals surface area (Å²) in [5.41, 5.74) is 6.28. The average Bonchev–Trinajstić information content (AvgIpc) is 2.20. The lowest BCUT2D eigenvalue weighted by molar-refractivity contribution is 0.623. The number of hydrogen-bond acceptors (Lipinski definition) is 4. The van der Waals surface area contributed by atoms with Crippen molar-refractivity contribution in [1.82, 2.24) is 0 Å². The Morgan fingerprint density at radius 2 is 2.20 bits per heavy atom. The van der Waals surface area contributed by atoms with Crippen LogP contribution < -0.4 is 11.2 Å². The van der Waals surface area contributed by atoms with Gasteiger partial charge < -0.3 is 10.2 Å².